The van der Waals surface area contributed by atoms with Gasteiger partial charge < -0.3 is 5.32 Å². The topological polar surface area (TPSA) is 29.1 Å². The molecule has 0 aromatic carbocycles. The number of carbonyl (C=O) groups excluding carboxylic acids is 1. The Balaban J connectivity index is 3.75. The average Bonchev–Trinajstić information content (AvgIpc) is 2.15. The molecular formula is C11H24BNO. The zero-order chi connectivity index (χ0) is 10.8. The Morgan fingerprint density at radius 1 is 1.29 bits per heavy atom. The highest BCUT2D eigenvalue weighted by atomic mass is 16.1. The molecule has 0 fully saturated rings. The van der Waals surface area contributed by atoms with Crippen molar-refractivity contribution >= 4 is 13.8 Å². The summed E-state index contributed by atoms with van der Waals surface area (Å²) in [6.07, 6.45) is 7.46. The van der Waals surface area contributed by atoms with Crippen LogP contribution in [0.1, 0.15) is 52.4 Å². The van der Waals surface area contributed by atoms with Gasteiger partial charge in [0.2, 0.25) is 5.91 Å². The number of hydrogen-bond donors (Lipinski definition) is 1. The van der Waals surface area contributed by atoms with E-state index in [2.05, 4.69) is 20.1 Å². The first-order chi connectivity index (χ1) is 6.74. The maximum absolute atomic E-state index is 11.4. The molecule has 0 bridgehead atoms. The molecule has 14 heavy (non-hydrogen) atoms. The zero-order valence-corrected chi connectivity index (χ0v) is 9.94. The second-order valence-corrected chi connectivity index (χ2v) is 3.95. The SMILES string of the molecule is BCCC(CCCC)NC(=O)CCC. The van der Waals surface area contributed by atoms with E-state index in [0.29, 0.717) is 12.5 Å². The number of hydrogen-bond acceptors (Lipinski definition) is 1. The molecule has 0 radical (unpaired) electrons. The van der Waals surface area contributed by atoms with E-state index < -0.39 is 0 Å². The first-order valence-electron chi connectivity index (χ1n) is 6.03. The Morgan fingerprint density at radius 2 is 2.00 bits per heavy atom. The van der Waals surface area contributed by atoms with Gasteiger partial charge in [0.25, 0.3) is 0 Å². The summed E-state index contributed by atoms with van der Waals surface area (Å²) >= 11 is 0. The molecule has 0 aliphatic rings. The molecule has 0 spiro atoms. The monoisotopic (exact) mass is 197 g/mol. The number of nitrogens with one attached hydrogen (secondary N) is 1. The Morgan fingerprint density at radius 3 is 2.50 bits per heavy atom. The second-order valence-electron chi connectivity index (χ2n) is 3.95. The Hall–Kier alpha value is -0.465. The van der Waals surface area contributed by atoms with Crippen molar-refractivity contribution in [3.63, 3.8) is 0 Å². The van der Waals surface area contributed by atoms with E-state index in [1.807, 2.05) is 6.92 Å². The standard InChI is InChI=1S/C11H24BNO/c1-3-5-7-10(8-9-12)13-11(14)6-4-2/h10H,3-9,12H2,1-2H3,(H,13,14). The number of unbranched alkanes of at least 4 members (excludes halogenated alkanes) is 1. The smallest absolute Gasteiger partial charge is 0.220 e. The summed E-state index contributed by atoms with van der Waals surface area (Å²) in [5.74, 6) is 0.224. The lowest BCUT2D eigenvalue weighted by atomic mass is 9.95. The molecule has 0 aromatic rings. The summed E-state index contributed by atoms with van der Waals surface area (Å²) in [6, 6.07) is 0.416. The molecule has 0 heterocycles. The summed E-state index contributed by atoms with van der Waals surface area (Å²) in [7, 11) is 2.17. The van der Waals surface area contributed by atoms with Gasteiger partial charge >= 0.3 is 0 Å². The van der Waals surface area contributed by atoms with Crippen LogP contribution in [0.2, 0.25) is 6.32 Å². The van der Waals surface area contributed by atoms with Crippen LogP contribution in [-0.2, 0) is 4.79 Å². The van der Waals surface area contributed by atoms with E-state index in [1.54, 1.807) is 0 Å². The fraction of sp³-hybridized carbons (Fsp3) is 0.909. The largest absolute Gasteiger partial charge is 0.353 e. The van der Waals surface area contributed by atoms with E-state index in [1.165, 1.54) is 12.8 Å². The van der Waals surface area contributed by atoms with E-state index in [4.69, 9.17) is 0 Å². The van der Waals surface area contributed by atoms with E-state index in [-0.39, 0.29) is 5.91 Å². The molecule has 1 amide bonds. The summed E-state index contributed by atoms with van der Waals surface area (Å²) < 4.78 is 0. The first-order valence-corrected chi connectivity index (χ1v) is 6.03. The fourth-order valence-electron chi connectivity index (χ4n) is 1.61. The summed E-state index contributed by atoms with van der Waals surface area (Å²) in [6.45, 7) is 4.23. The number of amides is 1. The molecule has 0 aliphatic carbocycles. The van der Waals surface area contributed by atoms with Crippen molar-refractivity contribution in [2.45, 2.75) is 64.7 Å². The van der Waals surface area contributed by atoms with Gasteiger partial charge in [-0.3, -0.25) is 4.79 Å². The van der Waals surface area contributed by atoms with Crippen LogP contribution < -0.4 is 5.32 Å². The third-order valence-corrected chi connectivity index (χ3v) is 2.39. The lowest BCUT2D eigenvalue weighted by Crippen LogP contribution is -2.34. The minimum Gasteiger partial charge on any atom is -0.353 e. The van der Waals surface area contributed by atoms with Crippen molar-refractivity contribution in [3.05, 3.63) is 0 Å². The molecule has 2 nitrogen and oxygen atoms in total. The Kier molecular flexibility index (Phi) is 8.80. The Bertz CT molecular complexity index is 150. The van der Waals surface area contributed by atoms with Gasteiger partial charge in [0.15, 0.2) is 0 Å². The quantitative estimate of drug-likeness (QED) is 0.591. The highest BCUT2D eigenvalue weighted by molar-refractivity contribution is 6.08. The zero-order valence-electron chi connectivity index (χ0n) is 9.94. The molecule has 1 atom stereocenters. The molecular weight excluding hydrogens is 173 g/mol. The van der Waals surface area contributed by atoms with Gasteiger partial charge in [0.1, 0.15) is 7.85 Å². The maximum atomic E-state index is 11.4. The van der Waals surface area contributed by atoms with Crippen molar-refractivity contribution < 1.29 is 4.79 Å². The van der Waals surface area contributed by atoms with E-state index in [9.17, 15) is 4.79 Å². The van der Waals surface area contributed by atoms with Crippen LogP contribution in [-0.4, -0.2) is 19.8 Å². The van der Waals surface area contributed by atoms with E-state index in [0.717, 1.165) is 25.6 Å². The van der Waals surface area contributed by atoms with E-state index >= 15 is 0 Å². The van der Waals surface area contributed by atoms with Crippen LogP contribution in [0.5, 0.6) is 0 Å². The lowest BCUT2D eigenvalue weighted by Gasteiger charge is -2.17. The summed E-state index contributed by atoms with van der Waals surface area (Å²) in [4.78, 5) is 11.4. The van der Waals surface area contributed by atoms with Gasteiger partial charge in [0.05, 0.1) is 0 Å². The van der Waals surface area contributed by atoms with Crippen molar-refractivity contribution in [3.8, 4) is 0 Å². The molecule has 0 aliphatic heterocycles. The third kappa shape index (κ3) is 6.99. The highest BCUT2D eigenvalue weighted by Crippen LogP contribution is 2.06. The van der Waals surface area contributed by atoms with Crippen molar-refractivity contribution in [2.75, 3.05) is 0 Å². The second kappa shape index (κ2) is 9.10. The van der Waals surface area contributed by atoms with Crippen LogP contribution in [0.15, 0.2) is 0 Å². The maximum Gasteiger partial charge on any atom is 0.220 e. The molecule has 3 heteroatoms. The van der Waals surface area contributed by atoms with Gasteiger partial charge in [-0.25, -0.2) is 0 Å². The van der Waals surface area contributed by atoms with Crippen molar-refractivity contribution in [1.29, 1.82) is 0 Å². The van der Waals surface area contributed by atoms with Crippen LogP contribution >= 0.6 is 0 Å². The van der Waals surface area contributed by atoms with Crippen molar-refractivity contribution in [2.24, 2.45) is 0 Å². The fourth-order valence-corrected chi connectivity index (χ4v) is 1.61. The highest BCUT2D eigenvalue weighted by Gasteiger charge is 2.09. The van der Waals surface area contributed by atoms with Crippen LogP contribution in [0, 0.1) is 0 Å². The summed E-state index contributed by atoms with van der Waals surface area (Å²) in [5, 5.41) is 3.11. The molecule has 1 N–H and O–H groups in total. The molecule has 0 saturated carbocycles. The predicted octanol–water partition coefficient (Wildman–Crippen LogP) is 1.90. The minimum atomic E-state index is 0.224. The number of rotatable bonds is 8. The van der Waals surface area contributed by atoms with Crippen LogP contribution in [0.4, 0.5) is 0 Å². The molecule has 82 valence electrons. The van der Waals surface area contributed by atoms with Gasteiger partial charge in [-0.1, -0.05) is 33.0 Å². The minimum absolute atomic E-state index is 0.224. The lowest BCUT2D eigenvalue weighted by molar-refractivity contribution is -0.121. The van der Waals surface area contributed by atoms with Gasteiger partial charge in [-0.2, -0.15) is 0 Å². The third-order valence-electron chi connectivity index (χ3n) is 2.39. The van der Waals surface area contributed by atoms with Gasteiger partial charge in [-0.05, 0) is 19.3 Å². The molecule has 0 rings (SSSR count). The predicted molar refractivity (Wildman–Crippen MR) is 64.3 cm³/mol. The summed E-state index contributed by atoms with van der Waals surface area (Å²) in [5.41, 5.74) is 0. The van der Waals surface area contributed by atoms with Crippen molar-refractivity contribution in [1.82, 2.24) is 5.32 Å². The van der Waals surface area contributed by atoms with Crippen LogP contribution in [0.3, 0.4) is 0 Å². The normalized spacial score (nSPS) is 12.4. The molecule has 0 aromatic heterocycles. The Labute approximate surface area is 89.3 Å². The van der Waals surface area contributed by atoms with Gasteiger partial charge in [-0.15, -0.1) is 0 Å². The van der Waals surface area contributed by atoms with Crippen LogP contribution in [0.25, 0.3) is 0 Å². The molecule has 0 saturated heterocycles. The van der Waals surface area contributed by atoms with Gasteiger partial charge in [0, 0.05) is 12.5 Å². The molecule has 1 unspecified atom stereocenters. The number of carbonyl (C=O) groups is 1. The first kappa shape index (κ1) is 13.5. The average molecular weight is 197 g/mol.